The SMILES string of the molecule is CC(C)[C@@H](NC(=O)c1ccc(CNC(N)=O)cc1)C(=O)O. The van der Waals surface area contributed by atoms with E-state index in [9.17, 15) is 14.4 Å². The second-order valence-corrected chi connectivity index (χ2v) is 4.95. The number of benzene rings is 1. The highest BCUT2D eigenvalue weighted by Crippen LogP contribution is 2.07. The van der Waals surface area contributed by atoms with Crippen molar-refractivity contribution in [3.8, 4) is 0 Å². The van der Waals surface area contributed by atoms with E-state index in [0.29, 0.717) is 5.56 Å². The molecule has 0 aliphatic heterocycles. The molecule has 0 aliphatic rings. The third kappa shape index (κ3) is 5.13. The number of nitrogens with two attached hydrogens (primary N) is 1. The summed E-state index contributed by atoms with van der Waals surface area (Å²) in [6.45, 7) is 3.70. The molecule has 5 N–H and O–H groups in total. The molecule has 7 nitrogen and oxygen atoms in total. The molecule has 1 rings (SSSR count). The molecule has 0 radical (unpaired) electrons. The predicted octanol–water partition coefficient (Wildman–Crippen LogP) is 0.694. The van der Waals surface area contributed by atoms with Gasteiger partial charge in [-0.3, -0.25) is 4.79 Å². The summed E-state index contributed by atoms with van der Waals surface area (Å²) in [5.41, 5.74) is 6.09. The van der Waals surface area contributed by atoms with Gasteiger partial charge < -0.3 is 21.5 Å². The topological polar surface area (TPSA) is 122 Å². The third-order valence-electron chi connectivity index (χ3n) is 2.90. The van der Waals surface area contributed by atoms with Crippen LogP contribution in [0.4, 0.5) is 4.79 Å². The summed E-state index contributed by atoms with van der Waals surface area (Å²) in [7, 11) is 0. The number of hydrogen-bond donors (Lipinski definition) is 4. The van der Waals surface area contributed by atoms with Crippen LogP contribution in [-0.2, 0) is 11.3 Å². The van der Waals surface area contributed by atoms with E-state index in [4.69, 9.17) is 10.8 Å². The van der Waals surface area contributed by atoms with Gasteiger partial charge in [-0.2, -0.15) is 0 Å². The third-order valence-corrected chi connectivity index (χ3v) is 2.90. The zero-order valence-electron chi connectivity index (χ0n) is 11.9. The summed E-state index contributed by atoms with van der Waals surface area (Å²) in [6.07, 6.45) is 0. The Hall–Kier alpha value is -2.57. The van der Waals surface area contributed by atoms with Crippen LogP contribution < -0.4 is 16.4 Å². The Morgan fingerprint density at radius 1 is 1.19 bits per heavy atom. The van der Waals surface area contributed by atoms with E-state index >= 15 is 0 Å². The van der Waals surface area contributed by atoms with Crippen LogP contribution in [0.2, 0.25) is 0 Å². The summed E-state index contributed by atoms with van der Waals surface area (Å²) in [4.78, 5) is 33.6. The highest BCUT2D eigenvalue weighted by Gasteiger charge is 2.23. The van der Waals surface area contributed by atoms with Crippen molar-refractivity contribution >= 4 is 17.9 Å². The van der Waals surface area contributed by atoms with E-state index in [1.165, 1.54) is 0 Å². The number of hydrogen-bond acceptors (Lipinski definition) is 3. The molecule has 1 atom stereocenters. The molecule has 1 aromatic carbocycles. The number of nitrogens with one attached hydrogen (secondary N) is 2. The second kappa shape index (κ2) is 7.28. The van der Waals surface area contributed by atoms with Crippen LogP contribution >= 0.6 is 0 Å². The van der Waals surface area contributed by atoms with Gasteiger partial charge in [0.25, 0.3) is 5.91 Å². The summed E-state index contributed by atoms with van der Waals surface area (Å²) in [5, 5.41) is 13.9. The number of primary amides is 1. The lowest BCUT2D eigenvalue weighted by Gasteiger charge is -2.17. The van der Waals surface area contributed by atoms with Crippen LogP contribution in [0.3, 0.4) is 0 Å². The Bertz CT molecular complexity index is 526. The maximum absolute atomic E-state index is 12.0. The minimum atomic E-state index is -1.07. The van der Waals surface area contributed by atoms with Gasteiger partial charge in [-0.15, -0.1) is 0 Å². The maximum atomic E-state index is 12.0. The number of aliphatic carboxylic acids is 1. The highest BCUT2D eigenvalue weighted by molar-refractivity contribution is 5.96. The van der Waals surface area contributed by atoms with Crippen LogP contribution in [0.25, 0.3) is 0 Å². The Labute approximate surface area is 122 Å². The number of amides is 3. The molecule has 0 saturated heterocycles. The first kappa shape index (κ1) is 16.5. The Morgan fingerprint density at radius 3 is 2.19 bits per heavy atom. The number of carboxylic acids is 1. The molecule has 0 heterocycles. The quantitative estimate of drug-likeness (QED) is 0.616. The first-order chi connectivity index (χ1) is 9.81. The second-order valence-electron chi connectivity index (χ2n) is 4.95. The molecule has 0 aliphatic carbocycles. The number of carboxylic acid groups (broad SMARTS) is 1. The molecule has 0 unspecified atom stereocenters. The van der Waals surface area contributed by atoms with Crippen molar-refractivity contribution < 1.29 is 19.5 Å². The fourth-order valence-electron chi connectivity index (χ4n) is 1.70. The van der Waals surface area contributed by atoms with Crippen molar-refractivity contribution in [2.45, 2.75) is 26.4 Å². The van der Waals surface area contributed by atoms with Gasteiger partial charge in [0.05, 0.1) is 0 Å². The molecular weight excluding hydrogens is 274 g/mol. The van der Waals surface area contributed by atoms with E-state index < -0.39 is 23.9 Å². The fraction of sp³-hybridized carbons (Fsp3) is 0.357. The molecule has 114 valence electrons. The van der Waals surface area contributed by atoms with Gasteiger partial charge in [0.2, 0.25) is 0 Å². The highest BCUT2D eigenvalue weighted by atomic mass is 16.4. The minimum Gasteiger partial charge on any atom is -0.480 e. The first-order valence-electron chi connectivity index (χ1n) is 6.47. The lowest BCUT2D eigenvalue weighted by molar-refractivity contribution is -0.140. The predicted molar refractivity (Wildman–Crippen MR) is 76.6 cm³/mol. The number of rotatable bonds is 6. The zero-order chi connectivity index (χ0) is 16.0. The van der Waals surface area contributed by atoms with Crippen LogP contribution in [-0.4, -0.2) is 29.1 Å². The van der Waals surface area contributed by atoms with Gasteiger partial charge in [-0.25, -0.2) is 9.59 Å². The van der Waals surface area contributed by atoms with Crippen LogP contribution in [0.5, 0.6) is 0 Å². The Kier molecular flexibility index (Phi) is 5.71. The molecule has 0 spiro atoms. The zero-order valence-corrected chi connectivity index (χ0v) is 11.9. The molecule has 7 heteroatoms. The summed E-state index contributed by atoms with van der Waals surface area (Å²) >= 11 is 0. The van der Waals surface area contributed by atoms with Crippen molar-refractivity contribution in [2.75, 3.05) is 0 Å². The van der Waals surface area contributed by atoms with Crippen molar-refractivity contribution in [1.29, 1.82) is 0 Å². The van der Waals surface area contributed by atoms with E-state index in [0.717, 1.165) is 5.56 Å². The molecular formula is C14H19N3O4. The van der Waals surface area contributed by atoms with E-state index in [-0.39, 0.29) is 12.5 Å². The smallest absolute Gasteiger partial charge is 0.326 e. The van der Waals surface area contributed by atoms with Crippen molar-refractivity contribution in [2.24, 2.45) is 11.7 Å². The van der Waals surface area contributed by atoms with Crippen molar-refractivity contribution in [3.05, 3.63) is 35.4 Å². The molecule has 0 bridgehead atoms. The average molecular weight is 293 g/mol. The molecule has 3 amide bonds. The van der Waals surface area contributed by atoms with Gasteiger partial charge in [0, 0.05) is 12.1 Å². The van der Waals surface area contributed by atoms with Gasteiger partial charge in [0.1, 0.15) is 6.04 Å². The molecule has 0 aromatic heterocycles. The Balaban J connectivity index is 2.70. The number of urea groups is 1. The van der Waals surface area contributed by atoms with E-state index in [1.54, 1.807) is 38.1 Å². The van der Waals surface area contributed by atoms with Gasteiger partial charge in [-0.05, 0) is 23.6 Å². The molecule has 1 aromatic rings. The number of carbonyl (C=O) groups excluding carboxylic acids is 2. The maximum Gasteiger partial charge on any atom is 0.326 e. The lowest BCUT2D eigenvalue weighted by Crippen LogP contribution is -2.44. The molecule has 21 heavy (non-hydrogen) atoms. The Morgan fingerprint density at radius 2 is 1.76 bits per heavy atom. The molecule has 0 saturated carbocycles. The summed E-state index contributed by atoms with van der Waals surface area (Å²) < 4.78 is 0. The van der Waals surface area contributed by atoms with Gasteiger partial charge in [-0.1, -0.05) is 26.0 Å². The van der Waals surface area contributed by atoms with Crippen LogP contribution in [0, 0.1) is 5.92 Å². The largest absolute Gasteiger partial charge is 0.480 e. The number of carbonyl (C=O) groups is 3. The minimum absolute atomic E-state index is 0.217. The average Bonchev–Trinajstić information content (AvgIpc) is 2.42. The van der Waals surface area contributed by atoms with Crippen LogP contribution in [0.15, 0.2) is 24.3 Å². The van der Waals surface area contributed by atoms with Crippen molar-refractivity contribution in [1.82, 2.24) is 10.6 Å². The standard InChI is InChI=1S/C14H19N3O4/c1-8(2)11(13(19)20)17-12(18)10-5-3-9(4-6-10)7-16-14(15)21/h3-6,8,11H,7H2,1-2H3,(H,17,18)(H,19,20)(H3,15,16,21)/t11-/m1/s1. The molecule has 0 fully saturated rings. The van der Waals surface area contributed by atoms with Gasteiger partial charge in [0.15, 0.2) is 0 Å². The fourth-order valence-corrected chi connectivity index (χ4v) is 1.70. The van der Waals surface area contributed by atoms with E-state index in [2.05, 4.69) is 10.6 Å². The normalized spacial score (nSPS) is 11.8. The van der Waals surface area contributed by atoms with Crippen LogP contribution in [0.1, 0.15) is 29.8 Å². The summed E-state index contributed by atoms with van der Waals surface area (Å²) in [5.74, 6) is -1.74. The van der Waals surface area contributed by atoms with Gasteiger partial charge >= 0.3 is 12.0 Å². The van der Waals surface area contributed by atoms with Crippen molar-refractivity contribution in [3.63, 3.8) is 0 Å². The van der Waals surface area contributed by atoms with E-state index in [1.807, 2.05) is 0 Å². The first-order valence-corrected chi connectivity index (χ1v) is 6.47. The lowest BCUT2D eigenvalue weighted by atomic mass is 10.0. The summed E-state index contributed by atoms with van der Waals surface area (Å²) in [6, 6.07) is 4.89. The monoisotopic (exact) mass is 293 g/mol.